The molecule has 0 heterocycles. The first-order chi connectivity index (χ1) is 6.89. The number of hydrogen-bond donors (Lipinski definition) is 1. The normalized spacial score (nSPS) is 14.6. The summed E-state index contributed by atoms with van der Waals surface area (Å²) in [5.74, 6) is 0.503. The van der Waals surface area contributed by atoms with Crippen molar-refractivity contribution < 1.29 is 14.6 Å². The topological polar surface area (TPSA) is 38.7 Å². The summed E-state index contributed by atoms with van der Waals surface area (Å²) >= 11 is 0. The van der Waals surface area contributed by atoms with Gasteiger partial charge < -0.3 is 14.6 Å². The van der Waals surface area contributed by atoms with Gasteiger partial charge in [0.1, 0.15) is 0 Å². The molecular weight excluding hydrogens is 192 g/mol. The summed E-state index contributed by atoms with van der Waals surface area (Å²) in [6.07, 6.45) is 0.246. The molecule has 0 amide bonds. The van der Waals surface area contributed by atoms with Gasteiger partial charge in [-0.2, -0.15) is 0 Å². The second-order valence-corrected chi connectivity index (χ2v) is 5.24. The SMILES string of the molecule is CC(C)C(OCCOCCO)C(C)(C)C. The molecule has 1 atom stereocenters. The van der Waals surface area contributed by atoms with Crippen molar-refractivity contribution in [2.45, 2.75) is 40.7 Å². The zero-order valence-corrected chi connectivity index (χ0v) is 10.7. The van der Waals surface area contributed by atoms with Crippen molar-refractivity contribution in [2.24, 2.45) is 11.3 Å². The maximum absolute atomic E-state index is 8.53. The predicted octanol–water partition coefficient (Wildman–Crippen LogP) is 2.08. The van der Waals surface area contributed by atoms with E-state index >= 15 is 0 Å². The fourth-order valence-electron chi connectivity index (χ4n) is 1.84. The van der Waals surface area contributed by atoms with Crippen LogP contribution in [0.4, 0.5) is 0 Å². The van der Waals surface area contributed by atoms with E-state index in [9.17, 15) is 0 Å². The molecule has 0 fully saturated rings. The molecule has 1 N–H and O–H groups in total. The molecule has 3 nitrogen and oxygen atoms in total. The Morgan fingerprint density at radius 3 is 2.07 bits per heavy atom. The maximum atomic E-state index is 8.53. The molecule has 0 bridgehead atoms. The molecule has 0 aliphatic heterocycles. The summed E-state index contributed by atoms with van der Waals surface area (Å²) in [6, 6.07) is 0. The Labute approximate surface area is 93.8 Å². The summed E-state index contributed by atoms with van der Waals surface area (Å²) < 4.78 is 11.0. The lowest BCUT2D eigenvalue weighted by molar-refractivity contribution is -0.0678. The van der Waals surface area contributed by atoms with Crippen molar-refractivity contribution in [3.63, 3.8) is 0 Å². The first-order valence-corrected chi connectivity index (χ1v) is 5.69. The predicted molar refractivity (Wildman–Crippen MR) is 61.9 cm³/mol. The van der Waals surface area contributed by atoms with Crippen LogP contribution in [0.2, 0.25) is 0 Å². The summed E-state index contributed by atoms with van der Waals surface area (Å²) in [5, 5.41) is 8.53. The van der Waals surface area contributed by atoms with E-state index in [4.69, 9.17) is 14.6 Å². The largest absolute Gasteiger partial charge is 0.394 e. The molecule has 0 saturated carbocycles. The first-order valence-electron chi connectivity index (χ1n) is 5.69. The summed E-state index contributed by atoms with van der Waals surface area (Å²) in [7, 11) is 0. The number of aliphatic hydroxyl groups is 1. The minimum absolute atomic E-state index is 0.0763. The molecule has 92 valence electrons. The summed E-state index contributed by atoms with van der Waals surface area (Å²) in [4.78, 5) is 0. The second kappa shape index (κ2) is 7.20. The van der Waals surface area contributed by atoms with Crippen molar-refractivity contribution in [1.82, 2.24) is 0 Å². The molecule has 0 aromatic carbocycles. The number of ether oxygens (including phenoxy) is 2. The van der Waals surface area contributed by atoms with E-state index in [2.05, 4.69) is 34.6 Å². The highest BCUT2D eigenvalue weighted by molar-refractivity contribution is 4.77. The van der Waals surface area contributed by atoms with Gasteiger partial charge in [-0.15, -0.1) is 0 Å². The average Bonchev–Trinajstić information content (AvgIpc) is 2.08. The number of rotatable bonds is 7. The van der Waals surface area contributed by atoms with Crippen LogP contribution in [-0.2, 0) is 9.47 Å². The van der Waals surface area contributed by atoms with Gasteiger partial charge in [0.15, 0.2) is 0 Å². The van der Waals surface area contributed by atoms with E-state index in [1.54, 1.807) is 0 Å². The Balaban J connectivity index is 3.78. The molecule has 0 aliphatic rings. The van der Waals surface area contributed by atoms with Crippen LogP contribution in [0.15, 0.2) is 0 Å². The Bertz CT molecular complexity index is 149. The standard InChI is InChI=1S/C12H26O3/c1-10(2)11(12(3,4)5)15-9-8-14-7-6-13/h10-11,13H,6-9H2,1-5H3. The second-order valence-electron chi connectivity index (χ2n) is 5.24. The highest BCUT2D eigenvalue weighted by Gasteiger charge is 2.27. The number of aliphatic hydroxyl groups excluding tert-OH is 1. The van der Waals surface area contributed by atoms with Gasteiger partial charge in [0.25, 0.3) is 0 Å². The van der Waals surface area contributed by atoms with Gasteiger partial charge in [-0.1, -0.05) is 34.6 Å². The molecule has 0 aliphatic carbocycles. The zero-order valence-electron chi connectivity index (χ0n) is 10.7. The maximum Gasteiger partial charge on any atom is 0.0704 e. The van der Waals surface area contributed by atoms with Crippen LogP contribution in [-0.4, -0.2) is 37.6 Å². The van der Waals surface area contributed by atoms with Crippen molar-refractivity contribution in [3.05, 3.63) is 0 Å². The fourth-order valence-corrected chi connectivity index (χ4v) is 1.84. The van der Waals surface area contributed by atoms with E-state index in [0.29, 0.717) is 25.7 Å². The van der Waals surface area contributed by atoms with Gasteiger partial charge in [0.05, 0.1) is 32.5 Å². The van der Waals surface area contributed by atoms with Crippen LogP contribution in [0, 0.1) is 11.3 Å². The molecular formula is C12H26O3. The van der Waals surface area contributed by atoms with Crippen LogP contribution in [0.3, 0.4) is 0 Å². The van der Waals surface area contributed by atoms with Gasteiger partial charge in [0.2, 0.25) is 0 Å². The van der Waals surface area contributed by atoms with Gasteiger partial charge in [-0.3, -0.25) is 0 Å². The lowest BCUT2D eigenvalue weighted by Crippen LogP contribution is -2.35. The van der Waals surface area contributed by atoms with Crippen molar-refractivity contribution in [2.75, 3.05) is 26.4 Å². The minimum Gasteiger partial charge on any atom is -0.394 e. The van der Waals surface area contributed by atoms with Crippen LogP contribution >= 0.6 is 0 Å². The molecule has 1 unspecified atom stereocenters. The van der Waals surface area contributed by atoms with E-state index in [1.807, 2.05) is 0 Å². The lowest BCUT2D eigenvalue weighted by Gasteiger charge is -2.33. The average molecular weight is 218 g/mol. The highest BCUT2D eigenvalue weighted by Crippen LogP contribution is 2.27. The van der Waals surface area contributed by atoms with E-state index < -0.39 is 0 Å². The zero-order chi connectivity index (χ0) is 11.9. The van der Waals surface area contributed by atoms with Gasteiger partial charge in [-0.25, -0.2) is 0 Å². The van der Waals surface area contributed by atoms with Crippen LogP contribution in [0.25, 0.3) is 0 Å². The quantitative estimate of drug-likeness (QED) is 0.665. The molecule has 0 aromatic rings. The minimum atomic E-state index is 0.0763. The third-order valence-corrected chi connectivity index (χ3v) is 2.22. The monoisotopic (exact) mass is 218 g/mol. The molecule has 15 heavy (non-hydrogen) atoms. The lowest BCUT2D eigenvalue weighted by atomic mass is 9.82. The smallest absolute Gasteiger partial charge is 0.0704 e. The molecule has 3 heteroatoms. The molecule has 0 radical (unpaired) electrons. The Morgan fingerprint density at radius 2 is 1.67 bits per heavy atom. The van der Waals surface area contributed by atoms with Crippen LogP contribution < -0.4 is 0 Å². The molecule has 0 rings (SSSR count). The third-order valence-electron chi connectivity index (χ3n) is 2.22. The van der Waals surface area contributed by atoms with Crippen molar-refractivity contribution in [1.29, 1.82) is 0 Å². The summed E-state index contributed by atoms with van der Waals surface area (Å²) in [6.45, 7) is 12.5. The first kappa shape index (κ1) is 14.9. The highest BCUT2D eigenvalue weighted by atomic mass is 16.5. The van der Waals surface area contributed by atoms with E-state index in [-0.39, 0.29) is 18.1 Å². The summed E-state index contributed by atoms with van der Waals surface area (Å²) in [5.41, 5.74) is 0.158. The Morgan fingerprint density at radius 1 is 1.07 bits per heavy atom. The van der Waals surface area contributed by atoms with Crippen LogP contribution in [0.5, 0.6) is 0 Å². The van der Waals surface area contributed by atoms with E-state index in [1.165, 1.54) is 0 Å². The third kappa shape index (κ3) is 6.88. The Hall–Kier alpha value is -0.120. The van der Waals surface area contributed by atoms with Crippen molar-refractivity contribution >= 4 is 0 Å². The van der Waals surface area contributed by atoms with Gasteiger partial charge >= 0.3 is 0 Å². The fraction of sp³-hybridized carbons (Fsp3) is 1.00. The molecule has 0 spiro atoms. The van der Waals surface area contributed by atoms with Crippen molar-refractivity contribution in [3.8, 4) is 0 Å². The number of hydrogen-bond acceptors (Lipinski definition) is 3. The van der Waals surface area contributed by atoms with E-state index in [0.717, 1.165) is 0 Å². The van der Waals surface area contributed by atoms with Gasteiger partial charge in [-0.05, 0) is 11.3 Å². The van der Waals surface area contributed by atoms with Gasteiger partial charge in [0, 0.05) is 0 Å². The Kier molecular flexibility index (Phi) is 7.14. The molecule has 0 saturated heterocycles. The molecule has 0 aromatic heterocycles. The van der Waals surface area contributed by atoms with Crippen LogP contribution in [0.1, 0.15) is 34.6 Å².